The number of aryl methyl sites for hydroxylation is 1. The molecule has 0 radical (unpaired) electrons. The second-order valence-electron chi connectivity index (χ2n) is 3.80. The molecule has 0 aromatic carbocycles. The summed E-state index contributed by atoms with van der Waals surface area (Å²) in [4.78, 5) is 11.3. The Bertz CT molecular complexity index is 570. The molecule has 0 unspecified atom stereocenters. The van der Waals surface area contributed by atoms with Crippen LogP contribution in [-0.4, -0.2) is 40.5 Å². The molecule has 10 heteroatoms. The summed E-state index contributed by atoms with van der Waals surface area (Å²) in [6.45, 7) is 0.515. The van der Waals surface area contributed by atoms with Crippen molar-refractivity contribution in [3.8, 4) is 0 Å². The van der Waals surface area contributed by atoms with Crippen LogP contribution in [0.4, 0.5) is 8.78 Å². The Labute approximate surface area is 114 Å². The summed E-state index contributed by atoms with van der Waals surface area (Å²) in [5.41, 5.74) is 0. The molecule has 3 N–H and O–H groups in total. The normalized spacial score (nSPS) is 11.8. The number of alkyl halides is 2. The number of furan rings is 1. The molecule has 7 nitrogen and oxygen atoms in total. The van der Waals surface area contributed by atoms with Crippen molar-refractivity contribution in [1.82, 2.24) is 5.32 Å². The molecular weight excluding hydrogens is 298 g/mol. The third-order valence-corrected chi connectivity index (χ3v) is 3.20. The zero-order chi connectivity index (χ0) is 15.3. The number of hydrogen-bond acceptors (Lipinski definition) is 5. The second-order valence-corrected chi connectivity index (χ2v) is 5.33. The summed E-state index contributed by atoms with van der Waals surface area (Å²) in [5, 5.41) is 7.26. The van der Waals surface area contributed by atoms with Crippen LogP contribution in [0.1, 0.15) is 16.3 Å². The van der Waals surface area contributed by atoms with E-state index < -0.39 is 29.0 Å². The van der Waals surface area contributed by atoms with Gasteiger partial charge in [0.15, 0.2) is 5.76 Å². The molecule has 0 bridgehead atoms. The van der Waals surface area contributed by atoms with Gasteiger partial charge in [-0.05, 0) is 6.92 Å². The van der Waals surface area contributed by atoms with Crippen molar-refractivity contribution in [3.05, 3.63) is 17.6 Å². The van der Waals surface area contributed by atoms with Crippen molar-refractivity contribution in [3.63, 3.8) is 0 Å². The highest BCUT2D eigenvalue weighted by atomic mass is 32.2. The quantitative estimate of drug-likeness (QED) is 0.701. The third kappa shape index (κ3) is 4.87. The molecule has 0 saturated heterocycles. The van der Waals surface area contributed by atoms with Crippen LogP contribution in [0, 0.1) is 6.92 Å². The lowest BCUT2D eigenvalue weighted by Gasteiger charge is -2.04. The van der Waals surface area contributed by atoms with E-state index in [1.165, 1.54) is 6.92 Å². The van der Waals surface area contributed by atoms with Gasteiger partial charge in [-0.3, -0.25) is 4.79 Å². The van der Waals surface area contributed by atoms with Crippen LogP contribution in [0.15, 0.2) is 15.4 Å². The molecule has 1 rings (SSSR count). The van der Waals surface area contributed by atoms with Crippen molar-refractivity contribution >= 4 is 15.9 Å². The second kappa shape index (κ2) is 6.77. The van der Waals surface area contributed by atoms with E-state index in [-0.39, 0.29) is 29.6 Å². The molecule has 0 aliphatic heterocycles. The number of primary sulfonamides is 1. The Morgan fingerprint density at radius 2 is 2.20 bits per heavy atom. The topological polar surface area (TPSA) is 112 Å². The molecule has 20 heavy (non-hydrogen) atoms. The van der Waals surface area contributed by atoms with Crippen LogP contribution in [0.3, 0.4) is 0 Å². The van der Waals surface area contributed by atoms with Gasteiger partial charge in [0.25, 0.3) is 12.3 Å². The standard InChI is InChI=1S/C10H14F2N2O5S/c1-6-8(20(13,16)17)4-7(19-6)10(15)14-2-3-18-5-9(11)12/h4,9H,2-3,5H2,1H3,(H,14,15)(H2,13,16,17). The first kappa shape index (κ1) is 16.5. The Hall–Kier alpha value is -1.52. The maximum Gasteiger partial charge on any atom is 0.287 e. The van der Waals surface area contributed by atoms with Gasteiger partial charge in [-0.2, -0.15) is 0 Å². The number of hydrogen-bond donors (Lipinski definition) is 2. The zero-order valence-corrected chi connectivity index (χ0v) is 11.4. The zero-order valence-electron chi connectivity index (χ0n) is 10.6. The fraction of sp³-hybridized carbons (Fsp3) is 0.500. The van der Waals surface area contributed by atoms with Crippen molar-refractivity contribution in [2.24, 2.45) is 5.14 Å². The molecule has 1 heterocycles. The average molecular weight is 312 g/mol. The number of halogens is 2. The summed E-state index contributed by atoms with van der Waals surface area (Å²) in [7, 11) is -3.97. The Kier molecular flexibility index (Phi) is 5.60. The Morgan fingerprint density at radius 3 is 2.70 bits per heavy atom. The molecule has 0 aliphatic carbocycles. The highest BCUT2D eigenvalue weighted by molar-refractivity contribution is 7.89. The van der Waals surface area contributed by atoms with Gasteiger partial charge in [-0.15, -0.1) is 0 Å². The number of amides is 1. The predicted molar refractivity (Wildman–Crippen MR) is 64.0 cm³/mol. The number of nitrogens with two attached hydrogens (primary N) is 1. The molecular formula is C10H14F2N2O5S. The first-order chi connectivity index (χ1) is 9.21. The van der Waals surface area contributed by atoms with Gasteiger partial charge in [0.05, 0.1) is 6.61 Å². The number of nitrogens with one attached hydrogen (secondary N) is 1. The largest absolute Gasteiger partial charge is 0.455 e. The van der Waals surface area contributed by atoms with Gasteiger partial charge in [-0.25, -0.2) is 22.3 Å². The van der Waals surface area contributed by atoms with E-state index in [9.17, 15) is 22.0 Å². The fourth-order valence-electron chi connectivity index (χ4n) is 1.36. The summed E-state index contributed by atoms with van der Waals surface area (Å²) in [5.74, 6) is -0.935. The smallest absolute Gasteiger partial charge is 0.287 e. The van der Waals surface area contributed by atoms with Crippen LogP contribution in [0.2, 0.25) is 0 Å². The summed E-state index contributed by atoms with van der Waals surface area (Å²) >= 11 is 0. The molecule has 0 spiro atoms. The monoisotopic (exact) mass is 312 g/mol. The minimum absolute atomic E-state index is 0.00778. The fourth-order valence-corrected chi connectivity index (χ4v) is 2.07. The van der Waals surface area contributed by atoms with E-state index in [1.54, 1.807) is 0 Å². The summed E-state index contributed by atoms with van der Waals surface area (Å²) in [6, 6.07) is 1.00. The third-order valence-electron chi connectivity index (χ3n) is 2.18. The van der Waals surface area contributed by atoms with E-state index in [0.717, 1.165) is 6.07 Å². The summed E-state index contributed by atoms with van der Waals surface area (Å²) < 4.78 is 55.3. The van der Waals surface area contributed by atoms with E-state index in [2.05, 4.69) is 10.1 Å². The number of rotatable bonds is 7. The minimum Gasteiger partial charge on any atom is -0.455 e. The van der Waals surface area contributed by atoms with E-state index in [4.69, 9.17) is 9.56 Å². The van der Waals surface area contributed by atoms with Crippen LogP contribution >= 0.6 is 0 Å². The van der Waals surface area contributed by atoms with Crippen LogP contribution in [-0.2, 0) is 14.8 Å². The van der Waals surface area contributed by atoms with Gasteiger partial charge in [0.1, 0.15) is 17.3 Å². The van der Waals surface area contributed by atoms with E-state index >= 15 is 0 Å². The molecule has 0 saturated carbocycles. The first-order valence-electron chi connectivity index (χ1n) is 5.49. The van der Waals surface area contributed by atoms with E-state index in [1.807, 2.05) is 0 Å². The van der Waals surface area contributed by atoms with Crippen molar-refractivity contribution in [1.29, 1.82) is 0 Å². The van der Waals surface area contributed by atoms with Crippen LogP contribution in [0.5, 0.6) is 0 Å². The SMILES string of the molecule is Cc1oc(C(=O)NCCOCC(F)F)cc1S(N)(=O)=O. The molecule has 0 atom stereocenters. The number of carbonyl (C=O) groups is 1. The molecule has 114 valence electrons. The van der Waals surface area contributed by atoms with E-state index in [0.29, 0.717) is 0 Å². The maximum absolute atomic E-state index is 11.7. The van der Waals surface area contributed by atoms with Gasteiger partial charge < -0.3 is 14.5 Å². The lowest BCUT2D eigenvalue weighted by Crippen LogP contribution is -2.27. The lowest BCUT2D eigenvalue weighted by atomic mass is 10.4. The van der Waals surface area contributed by atoms with Crippen LogP contribution < -0.4 is 10.5 Å². The number of ether oxygens (including phenoxy) is 1. The predicted octanol–water partition coefficient (Wildman–Crippen LogP) is 0.247. The van der Waals surface area contributed by atoms with Crippen LogP contribution in [0.25, 0.3) is 0 Å². The molecule has 1 amide bonds. The Balaban J connectivity index is 2.53. The molecule has 1 aromatic rings. The molecule has 0 aliphatic rings. The van der Waals surface area contributed by atoms with Gasteiger partial charge in [0.2, 0.25) is 10.0 Å². The molecule has 0 fully saturated rings. The van der Waals surface area contributed by atoms with Crippen molar-refractivity contribution < 1.29 is 31.1 Å². The number of carbonyl (C=O) groups excluding carboxylic acids is 1. The maximum atomic E-state index is 11.7. The first-order valence-corrected chi connectivity index (χ1v) is 7.03. The highest BCUT2D eigenvalue weighted by Gasteiger charge is 2.20. The number of sulfonamides is 1. The average Bonchev–Trinajstić information content (AvgIpc) is 2.70. The van der Waals surface area contributed by atoms with Crippen molar-refractivity contribution in [2.45, 2.75) is 18.2 Å². The lowest BCUT2D eigenvalue weighted by molar-refractivity contribution is 0.0187. The summed E-state index contributed by atoms with van der Waals surface area (Å²) in [6.07, 6.45) is -2.57. The van der Waals surface area contributed by atoms with Gasteiger partial charge in [-0.1, -0.05) is 0 Å². The van der Waals surface area contributed by atoms with Gasteiger partial charge in [0, 0.05) is 12.6 Å². The minimum atomic E-state index is -3.97. The van der Waals surface area contributed by atoms with Gasteiger partial charge >= 0.3 is 0 Å². The molecule has 1 aromatic heterocycles. The Morgan fingerprint density at radius 1 is 1.55 bits per heavy atom. The van der Waals surface area contributed by atoms with Crippen molar-refractivity contribution in [2.75, 3.05) is 19.8 Å². The highest BCUT2D eigenvalue weighted by Crippen LogP contribution is 2.18.